The predicted octanol–water partition coefficient (Wildman–Crippen LogP) is 6.29. The molecular weight excluding hydrogens is 460 g/mol. The van der Waals surface area contributed by atoms with E-state index in [-0.39, 0.29) is 5.91 Å². The number of benzene rings is 2. The average molecular weight is 478 g/mol. The monoisotopic (exact) mass is 476 g/mol. The summed E-state index contributed by atoms with van der Waals surface area (Å²) in [6.07, 6.45) is 3.56. The van der Waals surface area contributed by atoms with Crippen molar-refractivity contribution in [1.82, 2.24) is 4.90 Å². The molecule has 144 valence electrons. The second kappa shape index (κ2) is 9.45. The van der Waals surface area contributed by atoms with E-state index in [1.165, 1.54) is 11.8 Å². The van der Waals surface area contributed by atoms with Crippen LogP contribution >= 0.6 is 39.3 Å². The minimum absolute atomic E-state index is 0.0542. The second-order valence-electron chi connectivity index (χ2n) is 5.82. The molecule has 28 heavy (non-hydrogen) atoms. The molecule has 0 aliphatic carbocycles. The van der Waals surface area contributed by atoms with Gasteiger partial charge in [-0.3, -0.25) is 9.69 Å². The van der Waals surface area contributed by atoms with Crippen LogP contribution in [0.1, 0.15) is 12.5 Å². The van der Waals surface area contributed by atoms with E-state index in [1.54, 1.807) is 17.0 Å². The molecule has 0 bridgehead atoms. The van der Waals surface area contributed by atoms with Crippen LogP contribution in [-0.4, -0.2) is 29.1 Å². The first-order valence-corrected chi connectivity index (χ1v) is 10.6. The molecule has 0 N–H and O–H groups in total. The molecule has 0 radical (unpaired) electrons. The number of amidine groups is 1. The first kappa shape index (κ1) is 20.7. The van der Waals surface area contributed by atoms with Gasteiger partial charge in [0.1, 0.15) is 12.4 Å². The highest BCUT2D eigenvalue weighted by Gasteiger charge is 2.32. The zero-order chi connectivity index (χ0) is 20.1. The SMILES string of the molecule is C=CCOc1ccc(/C=C2\SC(=Nc3ccc(Br)c(Cl)c3)N(CC)C2=O)cc1. The van der Waals surface area contributed by atoms with E-state index in [2.05, 4.69) is 27.5 Å². The maximum absolute atomic E-state index is 12.8. The summed E-state index contributed by atoms with van der Waals surface area (Å²) in [5.74, 6) is 0.707. The Kier molecular flexibility index (Phi) is 6.99. The lowest BCUT2D eigenvalue weighted by Gasteiger charge is -2.12. The molecule has 0 aromatic heterocycles. The van der Waals surface area contributed by atoms with E-state index in [0.29, 0.717) is 33.9 Å². The van der Waals surface area contributed by atoms with Crippen LogP contribution < -0.4 is 4.74 Å². The van der Waals surface area contributed by atoms with Gasteiger partial charge in [-0.15, -0.1) is 0 Å². The fraction of sp³-hybridized carbons (Fsp3) is 0.143. The average Bonchev–Trinajstić information content (AvgIpc) is 2.98. The number of rotatable bonds is 6. The number of aliphatic imine (C=N–C) groups is 1. The molecule has 0 saturated carbocycles. The summed E-state index contributed by atoms with van der Waals surface area (Å²) in [7, 11) is 0. The van der Waals surface area contributed by atoms with Crippen LogP contribution in [0.5, 0.6) is 5.75 Å². The van der Waals surface area contributed by atoms with Crippen molar-refractivity contribution in [2.24, 2.45) is 4.99 Å². The molecule has 1 heterocycles. The minimum Gasteiger partial charge on any atom is -0.490 e. The van der Waals surface area contributed by atoms with Gasteiger partial charge >= 0.3 is 0 Å². The van der Waals surface area contributed by atoms with Gasteiger partial charge in [0.2, 0.25) is 0 Å². The van der Waals surface area contributed by atoms with E-state index in [0.717, 1.165) is 15.8 Å². The van der Waals surface area contributed by atoms with Gasteiger partial charge in [0.05, 0.1) is 15.6 Å². The molecule has 0 spiro atoms. The highest BCUT2D eigenvalue weighted by molar-refractivity contribution is 9.10. The van der Waals surface area contributed by atoms with E-state index >= 15 is 0 Å². The standard InChI is InChI=1S/C21H18BrClN2O2S/c1-3-11-27-16-8-5-14(6-9-16)12-19-20(26)25(4-2)21(28-19)24-15-7-10-17(22)18(23)13-15/h3,5-10,12-13H,1,4,11H2,2H3/b19-12-,24-21?. The summed E-state index contributed by atoms with van der Waals surface area (Å²) in [4.78, 5) is 19.7. The molecule has 0 unspecified atom stereocenters. The molecular formula is C21H18BrClN2O2S. The predicted molar refractivity (Wildman–Crippen MR) is 121 cm³/mol. The Morgan fingerprint density at radius 1 is 1.29 bits per heavy atom. The van der Waals surface area contributed by atoms with Crippen molar-refractivity contribution in [2.45, 2.75) is 6.92 Å². The Bertz CT molecular complexity index is 957. The van der Waals surface area contributed by atoms with Crippen LogP contribution in [0.15, 0.2) is 69.5 Å². The van der Waals surface area contributed by atoms with Crippen molar-refractivity contribution >= 4 is 62.1 Å². The normalized spacial score (nSPS) is 16.8. The van der Waals surface area contributed by atoms with Crippen molar-refractivity contribution in [3.8, 4) is 5.75 Å². The Balaban J connectivity index is 1.84. The molecule has 2 aromatic carbocycles. The molecule has 3 rings (SSSR count). The van der Waals surface area contributed by atoms with Gasteiger partial charge in [0.25, 0.3) is 5.91 Å². The van der Waals surface area contributed by atoms with Crippen molar-refractivity contribution in [3.05, 3.63) is 75.1 Å². The quantitative estimate of drug-likeness (QED) is 0.362. The van der Waals surface area contributed by atoms with Crippen molar-refractivity contribution in [2.75, 3.05) is 13.2 Å². The summed E-state index contributed by atoms with van der Waals surface area (Å²) in [6.45, 7) is 6.56. The minimum atomic E-state index is -0.0542. The van der Waals surface area contributed by atoms with Crippen molar-refractivity contribution < 1.29 is 9.53 Å². The fourth-order valence-corrected chi connectivity index (χ4v) is 3.99. The molecule has 1 saturated heterocycles. The van der Waals surface area contributed by atoms with E-state index in [4.69, 9.17) is 16.3 Å². The number of nitrogens with zero attached hydrogens (tertiary/aromatic N) is 2. The Hall–Kier alpha value is -2.02. The summed E-state index contributed by atoms with van der Waals surface area (Å²) >= 11 is 10.9. The second-order valence-corrected chi connectivity index (χ2v) is 8.09. The first-order chi connectivity index (χ1) is 13.5. The number of carbonyl (C=O) groups excluding carboxylic acids is 1. The summed E-state index contributed by atoms with van der Waals surface area (Å²) in [5.41, 5.74) is 1.62. The summed E-state index contributed by atoms with van der Waals surface area (Å²) in [5, 5.41) is 1.22. The van der Waals surface area contributed by atoms with Gasteiger partial charge in [0.15, 0.2) is 5.17 Å². The maximum Gasteiger partial charge on any atom is 0.266 e. The number of likely N-dealkylation sites (N-methyl/N-ethyl adjacent to an activating group) is 1. The van der Waals surface area contributed by atoms with Crippen LogP contribution in [-0.2, 0) is 4.79 Å². The summed E-state index contributed by atoms with van der Waals surface area (Å²) in [6, 6.07) is 13.0. The molecule has 0 atom stereocenters. The Labute approximate surface area is 182 Å². The molecule has 1 aliphatic heterocycles. The smallest absolute Gasteiger partial charge is 0.266 e. The third-order valence-corrected chi connectivity index (χ3v) is 6.12. The third-order valence-electron chi connectivity index (χ3n) is 3.88. The Morgan fingerprint density at radius 2 is 2.04 bits per heavy atom. The number of ether oxygens (including phenoxy) is 1. The lowest BCUT2D eigenvalue weighted by Crippen LogP contribution is -2.28. The lowest BCUT2D eigenvalue weighted by atomic mass is 10.2. The summed E-state index contributed by atoms with van der Waals surface area (Å²) < 4.78 is 6.29. The number of thioether (sulfide) groups is 1. The van der Waals surface area contributed by atoms with Gasteiger partial charge in [0, 0.05) is 11.0 Å². The largest absolute Gasteiger partial charge is 0.490 e. The van der Waals surface area contributed by atoms with Gasteiger partial charge in [-0.2, -0.15) is 0 Å². The van der Waals surface area contributed by atoms with Crippen molar-refractivity contribution in [1.29, 1.82) is 0 Å². The Morgan fingerprint density at radius 3 is 2.68 bits per heavy atom. The van der Waals surface area contributed by atoms with E-state index < -0.39 is 0 Å². The van der Waals surface area contributed by atoms with E-state index in [1.807, 2.05) is 49.4 Å². The topological polar surface area (TPSA) is 41.9 Å². The molecule has 1 fully saturated rings. The highest BCUT2D eigenvalue weighted by Crippen LogP contribution is 2.35. The van der Waals surface area contributed by atoms with Gasteiger partial charge in [-0.05, 0) is 76.6 Å². The molecule has 4 nitrogen and oxygen atoms in total. The number of carbonyl (C=O) groups is 1. The molecule has 1 amide bonds. The zero-order valence-corrected chi connectivity index (χ0v) is 18.4. The number of halogens is 2. The van der Waals surface area contributed by atoms with Crippen LogP contribution in [0.3, 0.4) is 0 Å². The lowest BCUT2D eigenvalue weighted by molar-refractivity contribution is -0.122. The van der Waals surface area contributed by atoms with Gasteiger partial charge in [-0.1, -0.05) is 36.4 Å². The van der Waals surface area contributed by atoms with Gasteiger partial charge < -0.3 is 4.74 Å². The number of hydrogen-bond donors (Lipinski definition) is 0. The van der Waals surface area contributed by atoms with Crippen LogP contribution in [0, 0.1) is 0 Å². The molecule has 2 aromatic rings. The van der Waals surface area contributed by atoms with Gasteiger partial charge in [-0.25, -0.2) is 4.99 Å². The first-order valence-electron chi connectivity index (χ1n) is 8.60. The molecule has 1 aliphatic rings. The molecule has 7 heteroatoms. The zero-order valence-electron chi connectivity index (χ0n) is 15.2. The van der Waals surface area contributed by atoms with E-state index in [9.17, 15) is 4.79 Å². The van der Waals surface area contributed by atoms with Crippen LogP contribution in [0.2, 0.25) is 5.02 Å². The number of hydrogen-bond acceptors (Lipinski definition) is 4. The highest BCUT2D eigenvalue weighted by atomic mass is 79.9. The third kappa shape index (κ3) is 4.87. The maximum atomic E-state index is 12.8. The van der Waals surface area contributed by atoms with Crippen LogP contribution in [0.4, 0.5) is 5.69 Å². The van der Waals surface area contributed by atoms with Crippen molar-refractivity contribution in [3.63, 3.8) is 0 Å². The van der Waals surface area contributed by atoms with Crippen LogP contribution in [0.25, 0.3) is 6.08 Å². The number of amides is 1. The fourth-order valence-electron chi connectivity index (χ4n) is 2.50.